The summed E-state index contributed by atoms with van der Waals surface area (Å²) in [5.41, 5.74) is 8.62. The van der Waals surface area contributed by atoms with Crippen LogP contribution in [-0.4, -0.2) is 74.5 Å². The summed E-state index contributed by atoms with van der Waals surface area (Å²) in [5, 5.41) is 16.0. The van der Waals surface area contributed by atoms with Crippen molar-refractivity contribution in [3.05, 3.63) is 53.2 Å². The molecule has 1 saturated carbocycles. The number of nitrogens with one attached hydrogen (secondary N) is 3. The summed E-state index contributed by atoms with van der Waals surface area (Å²) >= 11 is 6.54. The summed E-state index contributed by atoms with van der Waals surface area (Å²) in [5.74, 6) is -1.00. The van der Waals surface area contributed by atoms with Gasteiger partial charge in [0.25, 0.3) is 5.91 Å². The Bertz CT molecular complexity index is 1470. The number of H-pyrrole nitrogens is 1. The highest BCUT2D eigenvalue weighted by atomic mass is 35.5. The molecule has 5 unspecified atom stereocenters. The lowest BCUT2D eigenvalue weighted by atomic mass is 9.88. The quantitative estimate of drug-likeness (QED) is 0.298. The second-order valence-corrected chi connectivity index (χ2v) is 10.4. The molecule has 1 aromatic carbocycles. The minimum Gasteiger partial charge on any atom is -0.480 e. The molecule has 6 N–H and O–H groups in total. The lowest BCUT2D eigenvalue weighted by molar-refractivity contribution is -0.140. The number of carbonyl (C=O) groups is 3. The van der Waals surface area contributed by atoms with Crippen LogP contribution in [0.25, 0.3) is 22.6 Å². The molecule has 0 spiro atoms. The molecular formula is C26H26ClN7O4. The van der Waals surface area contributed by atoms with Gasteiger partial charge >= 0.3 is 5.97 Å². The largest absolute Gasteiger partial charge is 0.480 e. The molecule has 6 rings (SSSR count). The maximum Gasteiger partial charge on any atom is 0.322 e. The van der Waals surface area contributed by atoms with E-state index in [4.69, 9.17) is 17.3 Å². The lowest BCUT2D eigenvalue weighted by Gasteiger charge is -2.31. The maximum absolute atomic E-state index is 12.9. The zero-order valence-electron chi connectivity index (χ0n) is 20.2. The van der Waals surface area contributed by atoms with Gasteiger partial charge in [0.05, 0.1) is 22.8 Å². The number of nitrogens with zero attached hydrogens (tertiary/aromatic N) is 3. The summed E-state index contributed by atoms with van der Waals surface area (Å²) in [6.45, 7) is 0.965. The number of primary amides is 1. The number of nitrogens with two attached hydrogens (primary N) is 1. The number of carboxylic acids is 1. The number of aromatic nitrogens is 3. The highest BCUT2D eigenvalue weighted by molar-refractivity contribution is 6.34. The number of imidazole rings is 1. The second kappa shape index (κ2) is 9.41. The average Bonchev–Trinajstić information content (AvgIpc) is 3.65. The minimum atomic E-state index is -0.979. The third-order valence-corrected chi connectivity index (χ3v) is 8.03. The van der Waals surface area contributed by atoms with Crippen molar-refractivity contribution in [3.63, 3.8) is 0 Å². The molecule has 3 aromatic rings. The van der Waals surface area contributed by atoms with Crippen molar-refractivity contribution in [3.8, 4) is 11.4 Å². The van der Waals surface area contributed by atoms with Gasteiger partial charge in [-0.05, 0) is 30.4 Å². The number of anilines is 1. The number of benzene rings is 1. The first kappa shape index (κ1) is 24.4. The summed E-state index contributed by atoms with van der Waals surface area (Å²) in [6.07, 6.45) is 6.59. The third kappa shape index (κ3) is 4.17. The van der Waals surface area contributed by atoms with Crippen molar-refractivity contribution in [2.45, 2.75) is 18.5 Å². The minimum absolute atomic E-state index is 0.108. The fraction of sp³-hybridized carbons (Fsp3) is 0.346. The third-order valence-electron chi connectivity index (χ3n) is 7.74. The number of halogens is 1. The van der Waals surface area contributed by atoms with E-state index in [1.165, 1.54) is 6.20 Å². The number of carboxylic acid groups (broad SMARTS) is 1. The van der Waals surface area contributed by atoms with Crippen molar-refractivity contribution >= 4 is 46.2 Å². The van der Waals surface area contributed by atoms with Gasteiger partial charge in [-0.2, -0.15) is 0 Å². The number of allylic oxidation sites excluding steroid dienone is 1. The van der Waals surface area contributed by atoms with Crippen molar-refractivity contribution < 1.29 is 19.5 Å². The highest BCUT2D eigenvalue weighted by Gasteiger charge is 2.47. The Hall–Kier alpha value is -3.96. The van der Waals surface area contributed by atoms with Crippen LogP contribution in [0.3, 0.4) is 0 Å². The Kier molecular flexibility index (Phi) is 6.04. The molecule has 11 nitrogen and oxygen atoms in total. The van der Waals surface area contributed by atoms with Crippen molar-refractivity contribution in [2.24, 2.45) is 23.5 Å². The summed E-state index contributed by atoms with van der Waals surface area (Å²) in [4.78, 5) is 50.2. The van der Waals surface area contributed by atoms with E-state index < -0.39 is 12.0 Å². The SMILES string of the molecule is NC(=O)C1C2C=CC(C2)C1Nc1c(Cl)cnc2nc(-c3ccc(C(=O)N4CCNC(C(=O)O)C4)cc3)[nH]c12. The Morgan fingerprint density at radius 1 is 1.16 bits per heavy atom. The van der Waals surface area contributed by atoms with Gasteiger partial charge in [0.2, 0.25) is 5.91 Å². The molecule has 1 aliphatic heterocycles. The smallest absolute Gasteiger partial charge is 0.322 e. The molecule has 2 amide bonds. The Labute approximate surface area is 222 Å². The van der Waals surface area contributed by atoms with Gasteiger partial charge in [-0.3, -0.25) is 14.4 Å². The van der Waals surface area contributed by atoms with Crippen LogP contribution >= 0.6 is 11.6 Å². The normalized spacial score (nSPS) is 26.1. The van der Waals surface area contributed by atoms with Gasteiger partial charge in [-0.25, -0.2) is 9.97 Å². The van der Waals surface area contributed by atoms with Crippen LogP contribution in [0.1, 0.15) is 16.8 Å². The first-order chi connectivity index (χ1) is 18.3. The average molecular weight is 536 g/mol. The van der Waals surface area contributed by atoms with E-state index in [2.05, 4.69) is 37.7 Å². The summed E-state index contributed by atoms with van der Waals surface area (Å²) in [6, 6.07) is 6.00. The molecule has 2 aliphatic carbocycles. The Morgan fingerprint density at radius 2 is 1.92 bits per heavy atom. The number of carbonyl (C=O) groups excluding carboxylic acids is 2. The number of rotatable bonds is 6. The predicted molar refractivity (Wildman–Crippen MR) is 140 cm³/mol. The van der Waals surface area contributed by atoms with Crippen LogP contribution in [-0.2, 0) is 9.59 Å². The van der Waals surface area contributed by atoms with Crippen LogP contribution in [0.4, 0.5) is 5.69 Å². The number of hydrogen-bond acceptors (Lipinski definition) is 7. The molecule has 12 heteroatoms. The van der Waals surface area contributed by atoms with E-state index in [1.54, 1.807) is 29.2 Å². The first-order valence-electron chi connectivity index (χ1n) is 12.4. The van der Waals surface area contributed by atoms with E-state index in [-0.39, 0.29) is 42.2 Å². The summed E-state index contributed by atoms with van der Waals surface area (Å²) < 4.78 is 0. The molecule has 3 aliphatic rings. The molecule has 0 radical (unpaired) electrons. The number of aliphatic carboxylic acids is 1. The number of piperazine rings is 1. The standard InChI is InChI=1S/C26H26ClN7O4/c27-16-10-30-24-21(20(16)31-19-15-6-5-14(9-15)18(19)22(28)35)32-23(33-24)12-1-3-13(4-2-12)25(36)34-8-7-29-17(11-34)26(37)38/h1-6,10,14-15,17-19,29H,7-9,11H2,(H2,28,35)(H,37,38)(H2,30,31,32,33). The fourth-order valence-electron chi connectivity index (χ4n) is 5.84. The molecule has 38 heavy (non-hydrogen) atoms. The Balaban J connectivity index is 1.25. The molecule has 1 saturated heterocycles. The van der Waals surface area contributed by atoms with Gasteiger partial charge in [0.1, 0.15) is 17.4 Å². The van der Waals surface area contributed by atoms with Crippen molar-refractivity contribution in [1.29, 1.82) is 0 Å². The van der Waals surface area contributed by atoms with Gasteiger partial charge in [-0.15, -0.1) is 0 Å². The second-order valence-electron chi connectivity index (χ2n) is 9.99. The predicted octanol–water partition coefficient (Wildman–Crippen LogP) is 1.86. The van der Waals surface area contributed by atoms with E-state index in [0.717, 1.165) is 12.0 Å². The number of pyridine rings is 1. The monoisotopic (exact) mass is 535 g/mol. The van der Waals surface area contributed by atoms with Gasteiger partial charge in [0, 0.05) is 36.8 Å². The number of aromatic amines is 1. The van der Waals surface area contributed by atoms with Gasteiger partial charge in [0.15, 0.2) is 5.65 Å². The van der Waals surface area contributed by atoms with Gasteiger partial charge < -0.3 is 31.4 Å². The first-order valence-corrected chi connectivity index (χ1v) is 12.8. The topological polar surface area (TPSA) is 166 Å². The molecule has 196 valence electrons. The zero-order valence-corrected chi connectivity index (χ0v) is 21.0. The highest BCUT2D eigenvalue weighted by Crippen LogP contribution is 2.46. The van der Waals surface area contributed by atoms with Crippen molar-refractivity contribution in [1.82, 2.24) is 25.2 Å². The number of fused-ring (bicyclic) bond motifs is 3. The molecule has 2 fully saturated rings. The molecule has 3 heterocycles. The zero-order chi connectivity index (χ0) is 26.6. The van der Waals surface area contributed by atoms with Crippen molar-refractivity contribution in [2.75, 3.05) is 25.0 Å². The molecule has 2 aromatic heterocycles. The number of hydrogen-bond donors (Lipinski definition) is 5. The van der Waals surface area contributed by atoms with Crippen LogP contribution in [0.2, 0.25) is 5.02 Å². The molecular weight excluding hydrogens is 510 g/mol. The van der Waals surface area contributed by atoms with Gasteiger partial charge in [-0.1, -0.05) is 35.9 Å². The fourth-order valence-corrected chi connectivity index (χ4v) is 6.04. The molecule has 5 atom stereocenters. The van der Waals surface area contributed by atoms with Crippen LogP contribution < -0.4 is 16.4 Å². The number of amides is 2. The Morgan fingerprint density at radius 3 is 2.66 bits per heavy atom. The summed E-state index contributed by atoms with van der Waals surface area (Å²) in [7, 11) is 0. The van der Waals surface area contributed by atoms with Crippen LogP contribution in [0.5, 0.6) is 0 Å². The van der Waals surface area contributed by atoms with E-state index >= 15 is 0 Å². The maximum atomic E-state index is 12.9. The van der Waals surface area contributed by atoms with E-state index in [1.807, 2.05) is 0 Å². The van der Waals surface area contributed by atoms with Crippen LogP contribution in [0.15, 0.2) is 42.6 Å². The van der Waals surface area contributed by atoms with Crippen LogP contribution in [0, 0.1) is 17.8 Å². The lowest BCUT2D eigenvalue weighted by Crippen LogP contribution is -2.55. The van der Waals surface area contributed by atoms with E-state index in [0.29, 0.717) is 46.4 Å². The van der Waals surface area contributed by atoms with E-state index in [9.17, 15) is 19.5 Å². The molecule has 2 bridgehead atoms.